The zero-order valence-electron chi connectivity index (χ0n) is 15.6. The lowest BCUT2D eigenvalue weighted by molar-refractivity contribution is -0.124. The van der Waals surface area contributed by atoms with Gasteiger partial charge in [0.05, 0.1) is 30.8 Å². The molecule has 6 nitrogen and oxygen atoms in total. The first-order valence-electron chi connectivity index (χ1n) is 8.92. The third-order valence-electron chi connectivity index (χ3n) is 5.58. The Morgan fingerprint density at radius 3 is 2.50 bits per heavy atom. The van der Waals surface area contributed by atoms with E-state index < -0.39 is 5.60 Å². The monoisotopic (exact) mass is 357 g/mol. The zero-order valence-corrected chi connectivity index (χ0v) is 15.6. The van der Waals surface area contributed by atoms with Gasteiger partial charge >= 0.3 is 0 Å². The van der Waals surface area contributed by atoms with E-state index in [0.717, 1.165) is 24.2 Å². The van der Waals surface area contributed by atoms with Gasteiger partial charge in [-0.3, -0.25) is 9.36 Å². The van der Waals surface area contributed by atoms with E-state index in [0.29, 0.717) is 12.1 Å². The number of aliphatic hydroxyl groups excluding tert-OH is 1. The number of nitrogens with zero attached hydrogens (tertiary/aromatic N) is 3. The van der Waals surface area contributed by atoms with Crippen molar-refractivity contribution in [1.29, 1.82) is 0 Å². The van der Waals surface area contributed by atoms with E-state index in [-0.39, 0.29) is 24.1 Å². The van der Waals surface area contributed by atoms with Crippen molar-refractivity contribution >= 4 is 0 Å². The highest BCUT2D eigenvalue weighted by atomic mass is 16.3. The van der Waals surface area contributed by atoms with Gasteiger partial charge in [0.1, 0.15) is 0 Å². The van der Waals surface area contributed by atoms with Gasteiger partial charge in [-0.05, 0) is 19.0 Å². The highest BCUT2D eigenvalue weighted by molar-refractivity contribution is 5.58. The van der Waals surface area contributed by atoms with Crippen molar-refractivity contribution in [2.24, 2.45) is 5.41 Å². The number of aromatic nitrogens is 2. The third kappa shape index (κ3) is 3.58. The summed E-state index contributed by atoms with van der Waals surface area (Å²) in [6, 6.07) is 8.80. The van der Waals surface area contributed by atoms with Gasteiger partial charge in [0.25, 0.3) is 5.56 Å². The maximum absolute atomic E-state index is 12.6. The molecule has 1 saturated heterocycles. The van der Waals surface area contributed by atoms with Crippen molar-refractivity contribution in [3.8, 4) is 11.3 Å². The quantitative estimate of drug-likeness (QED) is 0.867. The standard InChI is InChI=1S/C20H27N3O3/c1-19(2)12-22(3)9-8-20(19,26)13-23-14-21-17(10-18(23)25)16-6-4-15(11-24)5-7-16/h4-7,10,14,24,26H,8-9,11-13H2,1-3H3. The Morgan fingerprint density at radius 2 is 1.92 bits per heavy atom. The van der Waals surface area contributed by atoms with Gasteiger partial charge in [-0.25, -0.2) is 4.98 Å². The second-order valence-corrected chi connectivity index (χ2v) is 8.00. The average molecular weight is 357 g/mol. The maximum Gasteiger partial charge on any atom is 0.253 e. The maximum atomic E-state index is 12.6. The van der Waals surface area contributed by atoms with Crippen molar-refractivity contribution in [1.82, 2.24) is 14.5 Å². The summed E-state index contributed by atoms with van der Waals surface area (Å²) in [4.78, 5) is 19.2. The zero-order chi connectivity index (χ0) is 18.9. The summed E-state index contributed by atoms with van der Waals surface area (Å²) in [5.41, 5.74) is 0.779. The Bertz CT molecular complexity index is 829. The SMILES string of the molecule is CN1CCC(O)(Cn2cnc(-c3ccc(CO)cc3)cc2=O)C(C)(C)C1. The third-order valence-corrected chi connectivity index (χ3v) is 5.58. The van der Waals surface area contributed by atoms with Crippen LogP contribution in [0.3, 0.4) is 0 Å². The van der Waals surface area contributed by atoms with Gasteiger partial charge in [0.15, 0.2) is 0 Å². The Morgan fingerprint density at radius 1 is 1.23 bits per heavy atom. The highest BCUT2D eigenvalue weighted by Gasteiger charge is 2.47. The minimum absolute atomic E-state index is 0.0150. The van der Waals surface area contributed by atoms with Crippen LogP contribution in [0, 0.1) is 5.41 Å². The van der Waals surface area contributed by atoms with Gasteiger partial charge < -0.3 is 15.1 Å². The summed E-state index contributed by atoms with van der Waals surface area (Å²) in [5.74, 6) is 0. The van der Waals surface area contributed by atoms with Crippen molar-refractivity contribution in [3.63, 3.8) is 0 Å². The van der Waals surface area contributed by atoms with Crippen LogP contribution in [0.25, 0.3) is 11.3 Å². The van der Waals surface area contributed by atoms with E-state index in [9.17, 15) is 9.90 Å². The van der Waals surface area contributed by atoms with Crippen LogP contribution in [0.2, 0.25) is 0 Å². The molecule has 2 N–H and O–H groups in total. The van der Waals surface area contributed by atoms with Crippen LogP contribution in [0.1, 0.15) is 25.8 Å². The molecule has 0 spiro atoms. The molecule has 0 radical (unpaired) electrons. The van der Waals surface area contributed by atoms with Crippen LogP contribution in [0.15, 0.2) is 41.5 Å². The van der Waals surface area contributed by atoms with E-state index in [1.807, 2.05) is 45.2 Å². The predicted octanol–water partition coefficient (Wildman–Crippen LogP) is 1.50. The van der Waals surface area contributed by atoms with E-state index in [1.165, 1.54) is 17.0 Å². The number of rotatable bonds is 4. The van der Waals surface area contributed by atoms with Gasteiger partial charge in [-0.2, -0.15) is 0 Å². The molecule has 1 unspecified atom stereocenters. The van der Waals surface area contributed by atoms with Crippen LogP contribution < -0.4 is 5.56 Å². The molecule has 140 valence electrons. The van der Waals surface area contributed by atoms with E-state index in [2.05, 4.69) is 9.88 Å². The lowest BCUT2D eigenvalue weighted by Gasteiger charge is -2.49. The van der Waals surface area contributed by atoms with E-state index in [1.54, 1.807) is 0 Å². The van der Waals surface area contributed by atoms with Gasteiger partial charge in [-0.15, -0.1) is 0 Å². The first-order valence-corrected chi connectivity index (χ1v) is 8.92. The molecule has 2 aromatic rings. The fraction of sp³-hybridized carbons (Fsp3) is 0.500. The first-order chi connectivity index (χ1) is 12.2. The van der Waals surface area contributed by atoms with Gasteiger partial charge in [-0.1, -0.05) is 38.1 Å². The number of hydrogen-bond donors (Lipinski definition) is 2. The largest absolute Gasteiger partial charge is 0.392 e. The van der Waals surface area contributed by atoms with Crippen LogP contribution >= 0.6 is 0 Å². The Kier molecular flexibility index (Phi) is 5.01. The first kappa shape index (κ1) is 18.8. The molecule has 3 rings (SSSR count). The average Bonchev–Trinajstić information content (AvgIpc) is 2.60. The fourth-order valence-electron chi connectivity index (χ4n) is 3.67. The molecular formula is C20H27N3O3. The Balaban J connectivity index is 1.85. The van der Waals surface area contributed by atoms with E-state index in [4.69, 9.17) is 5.11 Å². The number of aliphatic hydroxyl groups is 2. The summed E-state index contributed by atoms with van der Waals surface area (Å²) in [6.07, 6.45) is 2.14. The predicted molar refractivity (Wildman–Crippen MR) is 101 cm³/mol. The lowest BCUT2D eigenvalue weighted by Crippen LogP contribution is -2.59. The molecule has 0 amide bonds. The Labute approximate surface area is 153 Å². The van der Waals surface area contributed by atoms with Crippen molar-refractivity contribution in [2.75, 3.05) is 20.1 Å². The molecule has 1 atom stereocenters. The summed E-state index contributed by atoms with van der Waals surface area (Å²) < 4.78 is 1.50. The van der Waals surface area contributed by atoms with Crippen molar-refractivity contribution in [2.45, 2.75) is 39.0 Å². The molecule has 1 fully saturated rings. The number of piperidine rings is 1. The molecule has 1 aliphatic heterocycles. The fourth-order valence-corrected chi connectivity index (χ4v) is 3.67. The van der Waals surface area contributed by atoms with Crippen molar-refractivity contribution in [3.05, 3.63) is 52.6 Å². The minimum Gasteiger partial charge on any atom is -0.392 e. The minimum atomic E-state index is -0.949. The smallest absolute Gasteiger partial charge is 0.253 e. The van der Waals surface area contributed by atoms with Crippen LogP contribution in [-0.4, -0.2) is 50.4 Å². The summed E-state index contributed by atoms with van der Waals surface area (Å²) in [7, 11) is 2.05. The molecule has 2 heterocycles. The van der Waals surface area contributed by atoms with Crippen LogP contribution in [0.4, 0.5) is 0 Å². The van der Waals surface area contributed by atoms with Crippen LogP contribution in [0.5, 0.6) is 0 Å². The molecule has 0 bridgehead atoms. The molecule has 0 saturated carbocycles. The van der Waals surface area contributed by atoms with Gasteiger partial charge in [0.2, 0.25) is 0 Å². The summed E-state index contributed by atoms with van der Waals surface area (Å²) in [5, 5.41) is 20.3. The molecule has 1 aromatic heterocycles. The number of hydrogen-bond acceptors (Lipinski definition) is 5. The summed E-state index contributed by atoms with van der Waals surface area (Å²) >= 11 is 0. The van der Waals surface area contributed by atoms with E-state index >= 15 is 0 Å². The topological polar surface area (TPSA) is 78.6 Å². The molecule has 1 aromatic carbocycles. The van der Waals surface area contributed by atoms with Crippen molar-refractivity contribution < 1.29 is 10.2 Å². The molecule has 0 aliphatic carbocycles. The second kappa shape index (κ2) is 6.95. The van der Waals surface area contributed by atoms with Gasteiger partial charge in [0, 0.05) is 30.1 Å². The van der Waals surface area contributed by atoms with Crippen LogP contribution in [-0.2, 0) is 13.2 Å². The Hall–Kier alpha value is -2.02. The number of benzene rings is 1. The molecular weight excluding hydrogens is 330 g/mol. The summed E-state index contributed by atoms with van der Waals surface area (Å²) in [6.45, 7) is 5.89. The number of likely N-dealkylation sites (tertiary alicyclic amines) is 1. The molecule has 6 heteroatoms. The lowest BCUT2D eigenvalue weighted by atomic mass is 9.70. The highest BCUT2D eigenvalue weighted by Crippen LogP contribution is 2.39. The molecule has 26 heavy (non-hydrogen) atoms. The molecule has 1 aliphatic rings. The second-order valence-electron chi connectivity index (χ2n) is 8.00. The normalized spacial score (nSPS) is 23.1.